The Morgan fingerprint density at radius 1 is 1.10 bits per heavy atom. The zero-order chi connectivity index (χ0) is 21.8. The van der Waals surface area contributed by atoms with E-state index in [0.717, 1.165) is 35.1 Å². The second kappa shape index (κ2) is 9.41. The normalized spacial score (nSPS) is 19.8. The fraction of sp³-hybridized carbons (Fsp3) is 0.440. The Hall–Kier alpha value is -3.02. The van der Waals surface area contributed by atoms with Gasteiger partial charge in [0.25, 0.3) is 5.56 Å². The summed E-state index contributed by atoms with van der Waals surface area (Å²) in [6, 6.07) is 13.4. The predicted octanol–water partition coefficient (Wildman–Crippen LogP) is 4.77. The average Bonchev–Trinajstić information content (AvgIpc) is 2.79. The Kier molecular flexibility index (Phi) is 6.44. The number of carbonyl (C=O) groups is 1. The van der Waals surface area contributed by atoms with Gasteiger partial charge in [-0.05, 0) is 41.9 Å². The topological polar surface area (TPSA) is 87.7 Å². The van der Waals surface area contributed by atoms with Crippen molar-refractivity contribution < 1.29 is 4.79 Å². The Morgan fingerprint density at radius 3 is 2.58 bits per heavy atom. The van der Waals surface area contributed by atoms with E-state index in [4.69, 9.17) is 0 Å². The van der Waals surface area contributed by atoms with Gasteiger partial charge in [-0.15, -0.1) is 10.2 Å². The lowest BCUT2D eigenvalue weighted by atomic mass is 9.81. The third-order valence-corrected chi connectivity index (χ3v) is 6.45. The van der Waals surface area contributed by atoms with E-state index >= 15 is 0 Å². The van der Waals surface area contributed by atoms with E-state index in [0.29, 0.717) is 24.6 Å². The highest BCUT2D eigenvalue weighted by Crippen LogP contribution is 2.30. The number of hydrogen-bond donors (Lipinski definition) is 2. The van der Waals surface area contributed by atoms with Crippen LogP contribution in [0.3, 0.4) is 0 Å². The third kappa shape index (κ3) is 4.84. The molecule has 1 atom stereocenters. The van der Waals surface area contributed by atoms with Crippen molar-refractivity contribution >= 4 is 16.7 Å². The Balaban J connectivity index is 1.51. The number of aromatic nitrogens is 3. The number of benzene rings is 2. The lowest BCUT2D eigenvalue weighted by Crippen LogP contribution is -2.34. The molecule has 0 saturated heterocycles. The van der Waals surface area contributed by atoms with Crippen molar-refractivity contribution in [3.8, 4) is 11.4 Å². The summed E-state index contributed by atoms with van der Waals surface area (Å²) in [5.41, 5.74) is 0.784. The zero-order valence-electron chi connectivity index (χ0n) is 18.2. The summed E-state index contributed by atoms with van der Waals surface area (Å²) in [7, 11) is 0. The molecule has 4 rings (SSSR count). The molecule has 2 aromatic carbocycles. The van der Waals surface area contributed by atoms with Gasteiger partial charge in [-0.3, -0.25) is 9.59 Å². The molecular weight excluding hydrogens is 388 g/mol. The molecular formula is C25H30N4O2. The first-order chi connectivity index (χ1) is 15.0. The number of carbonyl (C=O) groups excluding carboxylic acids is 1. The van der Waals surface area contributed by atoms with Crippen LogP contribution in [0.4, 0.5) is 0 Å². The van der Waals surface area contributed by atoms with Crippen LogP contribution in [0.25, 0.3) is 22.2 Å². The van der Waals surface area contributed by atoms with E-state index in [1.165, 1.54) is 12.8 Å². The van der Waals surface area contributed by atoms with Gasteiger partial charge in [-0.25, -0.2) is 0 Å². The van der Waals surface area contributed by atoms with Crippen LogP contribution >= 0.6 is 0 Å². The van der Waals surface area contributed by atoms with Crippen molar-refractivity contribution in [3.05, 3.63) is 58.5 Å². The van der Waals surface area contributed by atoms with Crippen LogP contribution in [0.5, 0.6) is 0 Å². The van der Waals surface area contributed by atoms with E-state index in [2.05, 4.69) is 27.4 Å². The number of rotatable bonds is 6. The predicted molar refractivity (Wildman–Crippen MR) is 123 cm³/mol. The molecule has 1 saturated carbocycles. The molecule has 1 aliphatic carbocycles. The first kappa shape index (κ1) is 21.2. The molecule has 1 amide bonds. The number of amides is 1. The zero-order valence-corrected chi connectivity index (χ0v) is 18.2. The van der Waals surface area contributed by atoms with Gasteiger partial charge in [0.1, 0.15) is 0 Å². The minimum Gasteiger partial charge on any atom is -0.347 e. The van der Waals surface area contributed by atoms with E-state index in [1.807, 2.05) is 49.4 Å². The van der Waals surface area contributed by atoms with Crippen LogP contribution in [0.15, 0.2) is 47.3 Å². The molecule has 1 aliphatic rings. The van der Waals surface area contributed by atoms with E-state index in [1.54, 1.807) is 0 Å². The number of hydrogen-bond acceptors (Lipinski definition) is 4. The minimum atomic E-state index is -0.437. The van der Waals surface area contributed by atoms with E-state index in [-0.39, 0.29) is 17.2 Å². The summed E-state index contributed by atoms with van der Waals surface area (Å²) in [4.78, 5) is 28.3. The highest BCUT2D eigenvalue weighted by Gasteiger charge is 2.24. The van der Waals surface area contributed by atoms with Gasteiger partial charge in [-0.1, -0.05) is 69.2 Å². The van der Waals surface area contributed by atoms with Gasteiger partial charge in [0.05, 0.1) is 6.04 Å². The minimum absolute atomic E-state index is 0.00858. The highest BCUT2D eigenvalue weighted by molar-refractivity contribution is 5.94. The van der Waals surface area contributed by atoms with Crippen LogP contribution in [0, 0.1) is 11.8 Å². The summed E-state index contributed by atoms with van der Waals surface area (Å²) >= 11 is 0. The SMILES string of the molecule is CCC(NC(=O)CC1CCC(C)CC1)c1nnc(-c2cccc3ccccc23)[nH]c1=O. The molecule has 3 aromatic rings. The van der Waals surface area contributed by atoms with Crippen LogP contribution in [-0.2, 0) is 4.79 Å². The van der Waals surface area contributed by atoms with Gasteiger partial charge in [-0.2, -0.15) is 0 Å². The lowest BCUT2D eigenvalue weighted by molar-refractivity contribution is -0.123. The second-order valence-electron chi connectivity index (χ2n) is 8.77. The molecule has 0 radical (unpaired) electrons. The van der Waals surface area contributed by atoms with Crippen molar-refractivity contribution in [3.63, 3.8) is 0 Å². The summed E-state index contributed by atoms with van der Waals surface area (Å²) in [5, 5.41) is 13.6. The molecule has 162 valence electrons. The summed E-state index contributed by atoms with van der Waals surface area (Å²) in [5.74, 6) is 1.62. The summed E-state index contributed by atoms with van der Waals surface area (Å²) in [6.45, 7) is 4.21. The fourth-order valence-corrected chi connectivity index (χ4v) is 4.54. The maximum absolute atomic E-state index is 12.8. The number of nitrogens with one attached hydrogen (secondary N) is 2. The van der Waals surface area contributed by atoms with Crippen LogP contribution in [0.1, 0.15) is 64.1 Å². The Labute approximate surface area is 182 Å². The molecule has 0 aliphatic heterocycles. The maximum atomic E-state index is 12.8. The largest absolute Gasteiger partial charge is 0.347 e. The molecule has 6 heteroatoms. The second-order valence-corrected chi connectivity index (χ2v) is 8.77. The number of aromatic amines is 1. The smallest absolute Gasteiger partial charge is 0.275 e. The molecule has 1 heterocycles. The third-order valence-electron chi connectivity index (χ3n) is 6.45. The molecule has 6 nitrogen and oxygen atoms in total. The Morgan fingerprint density at radius 2 is 1.84 bits per heavy atom. The molecule has 2 N–H and O–H groups in total. The van der Waals surface area contributed by atoms with Gasteiger partial charge in [0, 0.05) is 12.0 Å². The Bertz CT molecular complexity index is 1110. The van der Waals surface area contributed by atoms with E-state index in [9.17, 15) is 9.59 Å². The van der Waals surface area contributed by atoms with Gasteiger partial charge in [0.2, 0.25) is 5.91 Å². The quantitative estimate of drug-likeness (QED) is 0.604. The number of H-pyrrole nitrogens is 1. The van der Waals surface area contributed by atoms with Crippen molar-refractivity contribution in [1.82, 2.24) is 20.5 Å². The van der Waals surface area contributed by atoms with Crippen molar-refractivity contribution in [1.29, 1.82) is 0 Å². The van der Waals surface area contributed by atoms with Crippen LogP contribution < -0.4 is 10.9 Å². The van der Waals surface area contributed by atoms with E-state index < -0.39 is 6.04 Å². The molecule has 0 spiro atoms. The number of fused-ring (bicyclic) bond motifs is 1. The summed E-state index contributed by atoms with van der Waals surface area (Å²) in [6.07, 6.45) is 5.68. The molecule has 1 fully saturated rings. The molecule has 0 bridgehead atoms. The van der Waals surface area contributed by atoms with Crippen molar-refractivity contribution in [2.45, 2.75) is 58.4 Å². The van der Waals surface area contributed by atoms with Crippen molar-refractivity contribution in [2.75, 3.05) is 0 Å². The molecule has 31 heavy (non-hydrogen) atoms. The van der Waals surface area contributed by atoms with Crippen molar-refractivity contribution in [2.24, 2.45) is 11.8 Å². The van der Waals surface area contributed by atoms with Gasteiger partial charge < -0.3 is 10.3 Å². The van der Waals surface area contributed by atoms with Crippen LogP contribution in [-0.4, -0.2) is 21.1 Å². The van der Waals surface area contributed by atoms with Gasteiger partial charge >= 0.3 is 0 Å². The molecule has 1 unspecified atom stereocenters. The standard InChI is InChI=1S/C25H30N4O2/c1-3-21(26-22(30)15-17-13-11-16(2)12-14-17)23-25(31)27-24(29-28-23)20-10-6-8-18-7-4-5-9-19(18)20/h4-10,16-17,21H,3,11-15H2,1-2H3,(H,26,30)(H,27,29,31). The summed E-state index contributed by atoms with van der Waals surface area (Å²) < 4.78 is 0. The molecule has 1 aromatic heterocycles. The number of nitrogens with zero attached hydrogens (tertiary/aromatic N) is 2. The van der Waals surface area contributed by atoms with Gasteiger partial charge in [0.15, 0.2) is 11.5 Å². The monoisotopic (exact) mass is 418 g/mol. The average molecular weight is 419 g/mol. The van der Waals surface area contributed by atoms with Crippen LogP contribution in [0.2, 0.25) is 0 Å². The first-order valence-corrected chi connectivity index (χ1v) is 11.3. The highest BCUT2D eigenvalue weighted by atomic mass is 16.2. The first-order valence-electron chi connectivity index (χ1n) is 11.3. The fourth-order valence-electron chi connectivity index (χ4n) is 4.54. The maximum Gasteiger partial charge on any atom is 0.275 e. The lowest BCUT2D eigenvalue weighted by Gasteiger charge is -2.26.